The first-order chi connectivity index (χ1) is 11.5. The Labute approximate surface area is 142 Å². The molecule has 0 radical (unpaired) electrons. The summed E-state index contributed by atoms with van der Waals surface area (Å²) >= 11 is 0. The largest absolute Gasteiger partial charge is 0.508 e. The van der Waals surface area contributed by atoms with Crippen LogP contribution in [0.1, 0.15) is 30.3 Å². The van der Waals surface area contributed by atoms with Crippen LogP contribution in [-0.4, -0.2) is 17.8 Å². The molecule has 0 aromatic heterocycles. The van der Waals surface area contributed by atoms with Gasteiger partial charge in [-0.05, 0) is 50.1 Å². The molecule has 2 aromatic rings. The SMILES string of the molecule is Cc1ccc(N[C@H](c2ccc(O)cc2)[P@@]2(=O)OCC[C@@H](C)O2)cc1. The summed E-state index contributed by atoms with van der Waals surface area (Å²) in [7, 11) is -3.39. The van der Waals surface area contributed by atoms with E-state index in [9.17, 15) is 9.67 Å². The van der Waals surface area contributed by atoms with Crippen molar-refractivity contribution in [3.63, 3.8) is 0 Å². The highest BCUT2D eigenvalue weighted by Gasteiger charge is 2.41. The van der Waals surface area contributed by atoms with Gasteiger partial charge in [-0.25, -0.2) is 0 Å². The van der Waals surface area contributed by atoms with Gasteiger partial charge in [0.1, 0.15) is 5.75 Å². The molecule has 6 heteroatoms. The molecule has 0 saturated carbocycles. The molecule has 1 fully saturated rings. The summed E-state index contributed by atoms with van der Waals surface area (Å²) < 4.78 is 24.6. The van der Waals surface area contributed by atoms with Crippen LogP contribution in [0.25, 0.3) is 0 Å². The number of hydrogen-bond acceptors (Lipinski definition) is 5. The van der Waals surface area contributed by atoms with Crippen LogP contribution < -0.4 is 5.32 Å². The number of aromatic hydroxyl groups is 1. The van der Waals surface area contributed by atoms with Gasteiger partial charge in [0.2, 0.25) is 0 Å². The fourth-order valence-corrected chi connectivity index (χ4v) is 4.77. The molecule has 0 amide bonds. The number of hydrogen-bond donors (Lipinski definition) is 2. The Kier molecular flexibility index (Phi) is 4.95. The number of rotatable bonds is 4. The van der Waals surface area contributed by atoms with Crippen molar-refractivity contribution in [1.82, 2.24) is 0 Å². The molecule has 3 atom stereocenters. The minimum atomic E-state index is -3.39. The number of benzene rings is 2. The van der Waals surface area contributed by atoms with Gasteiger partial charge >= 0.3 is 7.60 Å². The third-order valence-corrected chi connectivity index (χ3v) is 6.26. The fraction of sp³-hybridized carbons (Fsp3) is 0.333. The van der Waals surface area contributed by atoms with Gasteiger partial charge in [0, 0.05) is 5.69 Å². The quantitative estimate of drug-likeness (QED) is 0.776. The van der Waals surface area contributed by atoms with Crippen molar-refractivity contribution >= 4 is 13.3 Å². The molecule has 128 valence electrons. The molecular formula is C18H22NO4P. The number of anilines is 1. The second-order valence-electron chi connectivity index (χ2n) is 6.08. The molecule has 0 unspecified atom stereocenters. The highest BCUT2D eigenvalue weighted by molar-refractivity contribution is 7.54. The van der Waals surface area contributed by atoms with Gasteiger partial charge in [0.25, 0.3) is 0 Å². The van der Waals surface area contributed by atoms with Crippen molar-refractivity contribution in [1.29, 1.82) is 0 Å². The summed E-state index contributed by atoms with van der Waals surface area (Å²) in [6, 6.07) is 14.4. The first kappa shape index (κ1) is 17.0. The Bertz CT molecular complexity index is 730. The third-order valence-electron chi connectivity index (χ3n) is 4.00. The molecule has 1 saturated heterocycles. The van der Waals surface area contributed by atoms with Crippen LogP contribution in [0.15, 0.2) is 48.5 Å². The lowest BCUT2D eigenvalue weighted by molar-refractivity contribution is 0.0887. The Hall–Kier alpha value is -1.81. The molecular weight excluding hydrogens is 325 g/mol. The lowest BCUT2D eigenvalue weighted by atomic mass is 10.2. The summed E-state index contributed by atoms with van der Waals surface area (Å²) in [6.07, 6.45) is 0.598. The summed E-state index contributed by atoms with van der Waals surface area (Å²) in [6.45, 7) is 4.32. The monoisotopic (exact) mass is 347 g/mol. The van der Waals surface area contributed by atoms with E-state index in [2.05, 4.69) is 5.32 Å². The number of nitrogens with one attached hydrogen (secondary N) is 1. The van der Waals surface area contributed by atoms with Crippen molar-refractivity contribution < 1.29 is 18.7 Å². The molecule has 2 N–H and O–H groups in total. The lowest BCUT2D eigenvalue weighted by Gasteiger charge is -2.34. The van der Waals surface area contributed by atoms with Gasteiger partial charge in [-0.2, -0.15) is 0 Å². The zero-order valence-electron chi connectivity index (χ0n) is 13.8. The Morgan fingerprint density at radius 2 is 1.83 bits per heavy atom. The average molecular weight is 347 g/mol. The van der Waals surface area contributed by atoms with E-state index in [0.29, 0.717) is 6.61 Å². The number of phenols is 1. The lowest BCUT2D eigenvalue weighted by Crippen LogP contribution is -2.23. The number of phenolic OH excluding ortho intramolecular Hbond substituents is 1. The maximum Gasteiger partial charge on any atom is 0.357 e. The summed E-state index contributed by atoms with van der Waals surface area (Å²) in [5, 5.41) is 12.8. The van der Waals surface area contributed by atoms with Crippen LogP contribution in [0.4, 0.5) is 5.69 Å². The van der Waals surface area contributed by atoms with Crippen LogP contribution >= 0.6 is 7.60 Å². The van der Waals surface area contributed by atoms with Crippen LogP contribution in [-0.2, 0) is 13.6 Å². The highest BCUT2D eigenvalue weighted by Crippen LogP contribution is 2.63. The summed E-state index contributed by atoms with van der Waals surface area (Å²) in [4.78, 5) is 0. The Morgan fingerprint density at radius 3 is 2.46 bits per heavy atom. The zero-order chi connectivity index (χ0) is 17.2. The third kappa shape index (κ3) is 3.81. The van der Waals surface area contributed by atoms with Crippen LogP contribution in [0.3, 0.4) is 0 Å². The topological polar surface area (TPSA) is 67.8 Å². The van der Waals surface area contributed by atoms with E-state index in [0.717, 1.165) is 23.2 Å². The van der Waals surface area contributed by atoms with E-state index in [4.69, 9.17) is 9.05 Å². The van der Waals surface area contributed by atoms with Crippen LogP contribution in [0.5, 0.6) is 5.75 Å². The van der Waals surface area contributed by atoms with E-state index >= 15 is 0 Å². The van der Waals surface area contributed by atoms with Crippen LogP contribution in [0.2, 0.25) is 0 Å². The molecule has 1 aliphatic heterocycles. The maximum atomic E-state index is 13.3. The van der Waals surface area contributed by atoms with Crippen molar-refractivity contribution in [2.24, 2.45) is 0 Å². The second kappa shape index (κ2) is 6.98. The molecule has 24 heavy (non-hydrogen) atoms. The summed E-state index contributed by atoms with van der Waals surface area (Å²) in [5.41, 5.74) is 2.72. The fourth-order valence-electron chi connectivity index (χ4n) is 2.62. The van der Waals surface area contributed by atoms with E-state index in [1.165, 1.54) is 0 Å². The predicted molar refractivity (Wildman–Crippen MR) is 94.4 cm³/mol. The van der Waals surface area contributed by atoms with E-state index in [1.807, 2.05) is 38.1 Å². The molecule has 1 heterocycles. The molecule has 3 rings (SSSR count). The normalized spacial score (nSPS) is 25.2. The minimum absolute atomic E-state index is 0.121. The van der Waals surface area contributed by atoms with Gasteiger partial charge < -0.3 is 19.5 Å². The standard InChI is InChI=1S/C18H22NO4P/c1-13-3-7-16(8-4-13)19-18(15-5-9-17(20)10-6-15)24(21)22-12-11-14(2)23-24/h3-10,14,18-20H,11-12H2,1-2H3/t14-,18+,24-/m1/s1. The van der Waals surface area contributed by atoms with E-state index in [1.54, 1.807) is 24.3 Å². The van der Waals surface area contributed by atoms with Crippen LogP contribution in [0, 0.1) is 6.92 Å². The Balaban J connectivity index is 1.95. The molecule has 1 aliphatic rings. The molecule has 5 nitrogen and oxygen atoms in total. The zero-order valence-corrected chi connectivity index (χ0v) is 14.7. The first-order valence-corrected chi connectivity index (χ1v) is 9.62. The van der Waals surface area contributed by atoms with Crippen molar-refractivity contribution in [3.8, 4) is 5.75 Å². The molecule has 2 aromatic carbocycles. The Morgan fingerprint density at radius 1 is 1.17 bits per heavy atom. The number of aryl methyl sites for hydroxylation is 1. The molecule has 0 bridgehead atoms. The van der Waals surface area contributed by atoms with Crippen molar-refractivity contribution in [2.45, 2.75) is 32.2 Å². The predicted octanol–water partition coefficient (Wildman–Crippen LogP) is 4.83. The second-order valence-corrected chi connectivity index (χ2v) is 8.15. The molecule has 0 spiro atoms. The molecule has 0 aliphatic carbocycles. The van der Waals surface area contributed by atoms with E-state index < -0.39 is 13.4 Å². The van der Waals surface area contributed by atoms with E-state index in [-0.39, 0.29) is 11.9 Å². The van der Waals surface area contributed by atoms with Gasteiger partial charge in [0.05, 0.1) is 12.7 Å². The average Bonchev–Trinajstić information content (AvgIpc) is 2.55. The van der Waals surface area contributed by atoms with Gasteiger partial charge in [-0.15, -0.1) is 0 Å². The summed E-state index contributed by atoms with van der Waals surface area (Å²) in [5.74, 6) is -0.478. The van der Waals surface area contributed by atoms with Crippen molar-refractivity contribution in [2.75, 3.05) is 11.9 Å². The van der Waals surface area contributed by atoms with Gasteiger partial charge in [-0.1, -0.05) is 29.8 Å². The van der Waals surface area contributed by atoms with Gasteiger partial charge in [0.15, 0.2) is 5.78 Å². The maximum absolute atomic E-state index is 13.3. The van der Waals surface area contributed by atoms with Gasteiger partial charge in [-0.3, -0.25) is 4.57 Å². The highest BCUT2D eigenvalue weighted by atomic mass is 31.2. The smallest absolute Gasteiger partial charge is 0.357 e. The van der Waals surface area contributed by atoms with Crippen molar-refractivity contribution in [3.05, 3.63) is 59.7 Å². The first-order valence-electron chi connectivity index (χ1n) is 8.01. The minimum Gasteiger partial charge on any atom is -0.508 e.